The molecule has 1 aliphatic carbocycles. The SMILES string of the molecule is C=CN1C=C(C)C=C/C1=C(/C)C(=C)NC(=NC)C1CC1. The molecule has 0 atom stereocenters. The van der Waals surface area contributed by atoms with Crippen LogP contribution in [-0.4, -0.2) is 17.8 Å². The van der Waals surface area contributed by atoms with Crippen LogP contribution in [0.25, 0.3) is 0 Å². The molecule has 2 rings (SSSR count). The Hall–Kier alpha value is -2.03. The first-order valence-electron chi connectivity index (χ1n) is 6.98. The molecule has 0 unspecified atom stereocenters. The largest absolute Gasteiger partial charge is 0.344 e. The number of hydrogen-bond acceptors (Lipinski definition) is 2. The second-order valence-electron chi connectivity index (χ2n) is 5.29. The van der Waals surface area contributed by atoms with E-state index < -0.39 is 0 Å². The van der Waals surface area contributed by atoms with Crippen LogP contribution in [0.15, 0.2) is 65.2 Å². The molecule has 106 valence electrons. The molecule has 1 N–H and O–H groups in total. The molecule has 1 heterocycles. The summed E-state index contributed by atoms with van der Waals surface area (Å²) in [6.45, 7) is 12.2. The van der Waals surface area contributed by atoms with Crippen molar-refractivity contribution in [1.82, 2.24) is 10.2 Å². The summed E-state index contributed by atoms with van der Waals surface area (Å²) >= 11 is 0. The van der Waals surface area contributed by atoms with Gasteiger partial charge in [-0.2, -0.15) is 0 Å². The number of rotatable bonds is 4. The maximum absolute atomic E-state index is 4.33. The molecular formula is C17H23N3. The summed E-state index contributed by atoms with van der Waals surface area (Å²) in [4.78, 5) is 6.35. The van der Waals surface area contributed by atoms with Crippen LogP contribution in [0.5, 0.6) is 0 Å². The van der Waals surface area contributed by atoms with Crippen LogP contribution in [0.4, 0.5) is 0 Å². The minimum Gasteiger partial charge on any atom is -0.344 e. The summed E-state index contributed by atoms with van der Waals surface area (Å²) in [5, 5.41) is 3.36. The summed E-state index contributed by atoms with van der Waals surface area (Å²) in [5.41, 5.74) is 4.30. The molecule has 1 saturated carbocycles. The fourth-order valence-corrected chi connectivity index (χ4v) is 2.20. The minimum atomic E-state index is 0.592. The Morgan fingerprint density at radius 2 is 2.15 bits per heavy atom. The van der Waals surface area contributed by atoms with Gasteiger partial charge in [0, 0.05) is 36.8 Å². The monoisotopic (exact) mass is 269 g/mol. The molecule has 1 aliphatic heterocycles. The van der Waals surface area contributed by atoms with Crippen molar-refractivity contribution in [2.75, 3.05) is 7.05 Å². The van der Waals surface area contributed by atoms with Gasteiger partial charge in [-0.1, -0.05) is 19.2 Å². The van der Waals surface area contributed by atoms with E-state index in [0.29, 0.717) is 5.92 Å². The summed E-state index contributed by atoms with van der Waals surface area (Å²) in [6, 6.07) is 0. The van der Waals surface area contributed by atoms with Gasteiger partial charge in [0.25, 0.3) is 0 Å². The fraction of sp³-hybridized carbons (Fsp3) is 0.353. The van der Waals surface area contributed by atoms with Gasteiger partial charge in [-0.25, -0.2) is 0 Å². The zero-order chi connectivity index (χ0) is 14.7. The average Bonchev–Trinajstić information content (AvgIpc) is 3.28. The topological polar surface area (TPSA) is 27.6 Å². The molecule has 0 radical (unpaired) electrons. The van der Waals surface area contributed by atoms with E-state index in [0.717, 1.165) is 22.8 Å². The summed E-state index contributed by atoms with van der Waals surface area (Å²) < 4.78 is 0. The molecule has 0 bridgehead atoms. The molecule has 0 amide bonds. The lowest BCUT2D eigenvalue weighted by Crippen LogP contribution is -2.26. The van der Waals surface area contributed by atoms with Crippen molar-refractivity contribution in [3.05, 3.63) is 60.3 Å². The second-order valence-corrected chi connectivity index (χ2v) is 5.29. The Balaban J connectivity index is 2.18. The predicted octanol–water partition coefficient (Wildman–Crippen LogP) is 3.72. The van der Waals surface area contributed by atoms with Crippen LogP contribution in [0, 0.1) is 5.92 Å². The third-order valence-electron chi connectivity index (χ3n) is 3.64. The molecule has 2 aliphatic rings. The van der Waals surface area contributed by atoms with E-state index >= 15 is 0 Å². The van der Waals surface area contributed by atoms with Gasteiger partial charge >= 0.3 is 0 Å². The highest BCUT2D eigenvalue weighted by molar-refractivity contribution is 5.88. The zero-order valence-electron chi connectivity index (χ0n) is 12.6. The first-order chi connectivity index (χ1) is 9.56. The van der Waals surface area contributed by atoms with Gasteiger partial charge in [-0.3, -0.25) is 4.99 Å². The first kappa shape index (κ1) is 14.4. The molecule has 20 heavy (non-hydrogen) atoms. The second kappa shape index (κ2) is 5.95. The van der Waals surface area contributed by atoms with Crippen molar-refractivity contribution in [3.8, 4) is 0 Å². The molecule has 0 aromatic carbocycles. The van der Waals surface area contributed by atoms with Gasteiger partial charge in [0.2, 0.25) is 0 Å². The number of nitrogens with zero attached hydrogens (tertiary/aromatic N) is 2. The van der Waals surface area contributed by atoms with Crippen LogP contribution in [0.2, 0.25) is 0 Å². The van der Waals surface area contributed by atoms with E-state index in [2.05, 4.69) is 55.7 Å². The van der Waals surface area contributed by atoms with Gasteiger partial charge in [-0.15, -0.1) is 0 Å². The van der Waals surface area contributed by atoms with Crippen molar-refractivity contribution < 1.29 is 0 Å². The van der Waals surface area contributed by atoms with Gasteiger partial charge in [-0.05, 0) is 43.9 Å². The Kier molecular flexibility index (Phi) is 4.28. The van der Waals surface area contributed by atoms with Gasteiger partial charge in [0.05, 0.1) is 0 Å². The number of hydrogen-bond donors (Lipinski definition) is 1. The smallest absolute Gasteiger partial charge is 0.103 e. The van der Waals surface area contributed by atoms with Crippen LogP contribution >= 0.6 is 0 Å². The quantitative estimate of drug-likeness (QED) is 0.622. The molecule has 0 aromatic rings. The van der Waals surface area contributed by atoms with Crippen molar-refractivity contribution in [3.63, 3.8) is 0 Å². The number of allylic oxidation sites excluding steroid dienone is 4. The lowest BCUT2D eigenvalue weighted by molar-refractivity contribution is 0.632. The number of nitrogens with one attached hydrogen (secondary N) is 1. The van der Waals surface area contributed by atoms with E-state index in [9.17, 15) is 0 Å². The third kappa shape index (κ3) is 3.10. The Bertz CT molecular complexity index is 543. The first-order valence-corrected chi connectivity index (χ1v) is 6.98. The van der Waals surface area contributed by atoms with E-state index in [1.807, 2.05) is 18.1 Å². The predicted molar refractivity (Wildman–Crippen MR) is 86.0 cm³/mol. The molecular weight excluding hydrogens is 246 g/mol. The Morgan fingerprint density at radius 1 is 1.45 bits per heavy atom. The Morgan fingerprint density at radius 3 is 2.70 bits per heavy atom. The molecule has 3 heteroatoms. The standard InChI is InChI=1S/C17H23N3/c1-6-20-11-12(2)7-10-16(20)13(3)14(4)19-17(18-5)15-8-9-15/h6-7,10-11,15H,1,4,8-9H2,2-3,5H3,(H,18,19)/b16-13+. The normalized spacial score (nSPS) is 21.4. The van der Waals surface area contributed by atoms with E-state index in [1.165, 1.54) is 18.4 Å². The highest BCUT2D eigenvalue weighted by Gasteiger charge is 2.27. The highest BCUT2D eigenvalue weighted by Crippen LogP contribution is 2.30. The maximum atomic E-state index is 4.33. The van der Waals surface area contributed by atoms with Crippen LogP contribution in [-0.2, 0) is 0 Å². The minimum absolute atomic E-state index is 0.592. The van der Waals surface area contributed by atoms with Gasteiger partial charge < -0.3 is 10.2 Å². The zero-order valence-corrected chi connectivity index (χ0v) is 12.6. The van der Waals surface area contributed by atoms with E-state index in [4.69, 9.17) is 0 Å². The van der Waals surface area contributed by atoms with Crippen LogP contribution in [0.3, 0.4) is 0 Å². The Labute approximate surface area is 121 Å². The summed E-state index contributed by atoms with van der Waals surface area (Å²) in [6.07, 6.45) is 10.5. The van der Waals surface area contributed by atoms with Crippen molar-refractivity contribution >= 4 is 5.84 Å². The van der Waals surface area contributed by atoms with Crippen LogP contribution in [0.1, 0.15) is 26.7 Å². The average molecular weight is 269 g/mol. The maximum Gasteiger partial charge on any atom is 0.103 e. The lowest BCUT2D eigenvalue weighted by atomic mass is 10.1. The van der Waals surface area contributed by atoms with Crippen molar-refractivity contribution in [2.45, 2.75) is 26.7 Å². The van der Waals surface area contributed by atoms with Crippen LogP contribution < -0.4 is 5.32 Å². The summed E-state index contributed by atoms with van der Waals surface area (Å²) in [7, 11) is 1.83. The molecule has 0 saturated heterocycles. The van der Waals surface area contributed by atoms with Gasteiger partial charge in [0.15, 0.2) is 0 Å². The molecule has 3 nitrogen and oxygen atoms in total. The van der Waals surface area contributed by atoms with E-state index in [-0.39, 0.29) is 0 Å². The van der Waals surface area contributed by atoms with Gasteiger partial charge in [0.1, 0.15) is 5.84 Å². The van der Waals surface area contributed by atoms with Crippen molar-refractivity contribution in [1.29, 1.82) is 0 Å². The molecule has 1 fully saturated rings. The fourth-order valence-electron chi connectivity index (χ4n) is 2.20. The van der Waals surface area contributed by atoms with Crippen molar-refractivity contribution in [2.24, 2.45) is 10.9 Å². The van der Waals surface area contributed by atoms with E-state index in [1.54, 1.807) is 0 Å². The number of amidine groups is 1. The number of aliphatic imine (C=N–C) groups is 1. The summed E-state index contributed by atoms with van der Waals surface area (Å²) in [5.74, 6) is 1.64. The third-order valence-corrected chi connectivity index (χ3v) is 3.64. The highest BCUT2D eigenvalue weighted by atomic mass is 15.1. The lowest BCUT2D eigenvalue weighted by Gasteiger charge is -2.24. The molecule has 0 spiro atoms. The molecule has 0 aromatic heterocycles.